The highest BCUT2D eigenvalue weighted by molar-refractivity contribution is 9.10. The van der Waals surface area contributed by atoms with E-state index in [9.17, 15) is 4.79 Å². The molecule has 2 atom stereocenters. The van der Waals surface area contributed by atoms with Crippen LogP contribution in [-0.2, 0) is 14.3 Å². The Hall–Kier alpha value is -0.910. The highest BCUT2D eigenvalue weighted by Gasteiger charge is 2.36. The first-order valence-electron chi connectivity index (χ1n) is 6.52. The Morgan fingerprint density at radius 2 is 2.11 bits per heavy atom. The zero-order valence-electron chi connectivity index (χ0n) is 10.5. The van der Waals surface area contributed by atoms with E-state index in [2.05, 4.69) is 26.9 Å². The summed E-state index contributed by atoms with van der Waals surface area (Å²) in [5, 5.41) is 0. The van der Waals surface area contributed by atoms with Gasteiger partial charge in [0.25, 0.3) is 0 Å². The Bertz CT molecular complexity index is 480. The fourth-order valence-electron chi connectivity index (χ4n) is 2.69. The standard InChI is InChI=1S/C14H16BrNO3/c15-11-4-2-1-3-10(11)13-9-16(6-8-18-13)12-5-7-19-14(12)17/h1-4,12-13H,5-9H2/t12-,13-/m0/s1. The van der Waals surface area contributed by atoms with Gasteiger partial charge in [-0.1, -0.05) is 34.1 Å². The molecule has 0 radical (unpaired) electrons. The number of benzene rings is 1. The van der Waals surface area contributed by atoms with Crippen LogP contribution in [-0.4, -0.2) is 43.2 Å². The van der Waals surface area contributed by atoms with E-state index < -0.39 is 0 Å². The Balaban J connectivity index is 1.75. The molecule has 102 valence electrons. The molecule has 0 saturated carbocycles. The van der Waals surface area contributed by atoms with Gasteiger partial charge in [0.2, 0.25) is 0 Å². The lowest BCUT2D eigenvalue weighted by molar-refractivity contribution is -0.144. The van der Waals surface area contributed by atoms with E-state index in [0.29, 0.717) is 13.2 Å². The van der Waals surface area contributed by atoms with Gasteiger partial charge in [0.15, 0.2) is 0 Å². The average molecular weight is 326 g/mol. The fourth-order valence-corrected chi connectivity index (χ4v) is 3.23. The number of carbonyl (C=O) groups is 1. The molecule has 1 aromatic carbocycles. The van der Waals surface area contributed by atoms with Crippen molar-refractivity contribution in [1.29, 1.82) is 0 Å². The van der Waals surface area contributed by atoms with Gasteiger partial charge in [0, 0.05) is 24.0 Å². The zero-order valence-corrected chi connectivity index (χ0v) is 12.1. The molecule has 0 N–H and O–H groups in total. The van der Waals surface area contributed by atoms with Crippen LogP contribution in [0.2, 0.25) is 0 Å². The molecule has 0 unspecified atom stereocenters. The van der Waals surface area contributed by atoms with Crippen LogP contribution in [0.3, 0.4) is 0 Å². The minimum Gasteiger partial charge on any atom is -0.464 e. The SMILES string of the molecule is O=C1OCC[C@@H]1N1CCO[C@H](c2ccccc2Br)C1. The van der Waals surface area contributed by atoms with Crippen molar-refractivity contribution in [2.45, 2.75) is 18.6 Å². The molecule has 2 aliphatic rings. The van der Waals surface area contributed by atoms with Crippen LogP contribution in [0.1, 0.15) is 18.1 Å². The van der Waals surface area contributed by atoms with Gasteiger partial charge in [-0.2, -0.15) is 0 Å². The number of ether oxygens (including phenoxy) is 2. The summed E-state index contributed by atoms with van der Waals surface area (Å²) in [6, 6.07) is 7.98. The van der Waals surface area contributed by atoms with Crippen molar-refractivity contribution >= 4 is 21.9 Å². The molecule has 2 aliphatic heterocycles. The molecule has 2 heterocycles. The Morgan fingerprint density at radius 3 is 2.84 bits per heavy atom. The lowest BCUT2D eigenvalue weighted by Crippen LogP contribution is -2.46. The second-order valence-corrected chi connectivity index (χ2v) is 5.70. The molecule has 2 saturated heterocycles. The van der Waals surface area contributed by atoms with Crippen LogP contribution in [0.15, 0.2) is 28.7 Å². The zero-order chi connectivity index (χ0) is 13.2. The first kappa shape index (κ1) is 13.1. The molecule has 0 aromatic heterocycles. The number of halogens is 1. The number of morpholine rings is 1. The smallest absolute Gasteiger partial charge is 0.323 e. The van der Waals surface area contributed by atoms with Crippen molar-refractivity contribution in [3.05, 3.63) is 34.3 Å². The monoisotopic (exact) mass is 325 g/mol. The highest BCUT2D eigenvalue weighted by atomic mass is 79.9. The van der Waals surface area contributed by atoms with Crippen molar-refractivity contribution in [3.8, 4) is 0 Å². The second kappa shape index (κ2) is 5.61. The van der Waals surface area contributed by atoms with Gasteiger partial charge in [-0.3, -0.25) is 9.69 Å². The Kier molecular flexibility index (Phi) is 3.86. The fraction of sp³-hybridized carbons (Fsp3) is 0.500. The maximum absolute atomic E-state index is 11.7. The first-order valence-corrected chi connectivity index (χ1v) is 7.32. The predicted molar refractivity (Wildman–Crippen MR) is 73.8 cm³/mol. The number of hydrogen-bond donors (Lipinski definition) is 0. The summed E-state index contributed by atoms with van der Waals surface area (Å²) >= 11 is 3.56. The lowest BCUT2D eigenvalue weighted by Gasteiger charge is -2.35. The van der Waals surface area contributed by atoms with Crippen molar-refractivity contribution < 1.29 is 14.3 Å². The van der Waals surface area contributed by atoms with Gasteiger partial charge in [-0.25, -0.2) is 0 Å². The third-order valence-corrected chi connectivity index (χ3v) is 4.42. The van der Waals surface area contributed by atoms with Crippen LogP contribution in [0.4, 0.5) is 0 Å². The molecule has 5 heteroatoms. The van der Waals surface area contributed by atoms with E-state index in [1.165, 1.54) is 0 Å². The van der Waals surface area contributed by atoms with Crippen molar-refractivity contribution in [2.75, 3.05) is 26.3 Å². The maximum atomic E-state index is 11.7. The minimum atomic E-state index is -0.0900. The van der Waals surface area contributed by atoms with Crippen LogP contribution >= 0.6 is 15.9 Å². The van der Waals surface area contributed by atoms with E-state index in [1.54, 1.807) is 0 Å². The third kappa shape index (κ3) is 2.68. The molecule has 19 heavy (non-hydrogen) atoms. The van der Waals surface area contributed by atoms with Gasteiger partial charge >= 0.3 is 5.97 Å². The topological polar surface area (TPSA) is 38.8 Å². The predicted octanol–water partition coefficient (Wildman–Crippen LogP) is 2.14. The van der Waals surface area contributed by atoms with E-state index in [1.807, 2.05) is 18.2 Å². The number of rotatable bonds is 2. The summed E-state index contributed by atoms with van der Waals surface area (Å²) in [5.41, 5.74) is 1.14. The summed E-state index contributed by atoms with van der Waals surface area (Å²) in [5.74, 6) is -0.0900. The van der Waals surface area contributed by atoms with E-state index >= 15 is 0 Å². The largest absolute Gasteiger partial charge is 0.464 e. The molecule has 1 aromatic rings. The minimum absolute atomic E-state index is 0.0118. The Labute approximate surface area is 120 Å². The second-order valence-electron chi connectivity index (χ2n) is 4.85. The molecule has 3 rings (SSSR count). The van der Waals surface area contributed by atoms with Gasteiger partial charge in [0.1, 0.15) is 6.04 Å². The van der Waals surface area contributed by atoms with Crippen molar-refractivity contribution in [3.63, 3.8) is 0 Å². The first-order chi connectivity index (χ1) is 9.25. The van der Waals surface area contributed by atoms with E-state index in [-0.39, 0.29) is 18.1 Å². The van der Waals surface area contributed by atoms with Crippen molar-refractivity contribution in [1.82, 2.24) is 4.90 Å². The molecular formula is C14H16BrNO3. The Morgan fingerprint density at radius 1 is 1.26 bits per heavy atom. The summed E-state index contributed by atoms with van der Waals surface area (Å²) in [6.07, 6.45) is 0.805. The lowest BCUT2D eigenvalue weighted by atomic mass is 10.1. The summed E-state index contributed by atoms with van der Waals surface area (Å²) in [4.78, 5) is 13.9. The third-order valence-electron chi connectivity index (χ3n) is 3.70. The number of hydrogen-bond acceptors (Lipinski definition) is 4. The molecule has 0 amide bonds. The summed E-state index contributed by atoms with van der Waals surface area (Å²) in [6.45, 7) is 2.72. The van der Waals surface area contributed by atoms with Crippen LogP contribution < -0.4 is 0 Å². The summed E-state index contributed by atoms with van der Waals surface area (Å²) in [7, 11) is 0. The molecule has 4 nitrogen and oxygen atoms in total. The number of nitrogens with zero attached hydrogens (tertiary/aromatic N) is 1. The average Bonchev–Trinajstić information content (AvgIpc) is 2.86. The maximum Gasteiger partial charge on any atom is 0.323 e. The number of esters is 1. The molecule has 0 spiro atoms. The van der Waals surface area contributed by atoms with Crippen LogP contribution in [0, 0.1) is 0 Å². The quantitative estimate of drug-likeness (QED) is 0.781. The molecular weight excluding hydrogens is 310 g/mol. The van der Waals surface area contributed by atoms with E-state index in [0.717, 1.165) is 29.5 Å². The van der Waals surface area contributed by atoms with Gasteiger partial charge in [-0.05, 0) is 11.6 Å². The van der Waals surface area contributed by atoms with Crippen LogP contribution in [0.5, 0.6) is 0 Å². The summed E-state index contributed by atoms with van der Waals surface area (Å²) < 4.78 is 12.0. The van der Waals surface area contributed by atoms with Crippen molar-refractivity contribution in [2.24, 2.45) is 0 Å². The molecule has 0 bridgehead atoms. The number of cyclic esters (lactones) is 1. The van der Waals surface area contributed by atoms with Crippen LogP contribution in [0.25, 0.3) is 0 Å². The van der Waals surface area contributed by atoms with Gasteiger partial charge < -0.3 is 9.47 Å². The highest BCUT2D eigenvalue weighted by Crippen LogP contribution is 2.30. The number of carbonyl (C=O) groups excluding carboxylic acids is 1. The van der Waals surface area contributed by atoms with Gasteiger partial charge in [0.05, 0.1) is 19.3 Å². The normalized spacial score (nSPS) is 28.4. The molecule has 0 aliphatic carbocycles. The van der Waals surface area contributed by atoms with Gasteiger partial charge in [-0.15, -0.1) is 0 Å². The van der Waals surface area contributed by atoms with E-state index in [4.69, 9.17) is 9.47 Å². The molecule has 2 fully saturated rings.